The number of aromatic amines is 1. The van der Waals surface area contributed by atoms with Crippen LogP contribution < -0.4 is 5.56 Å². The van der Waals surface area contributed by atoms with Crippen molar-refractivity contribution < 1.29 is 0 Å². The van der Waals surface area contributed by atoms with Crippen molar-refractivity contribution in [1.82, 2.24) is 4.98 Å². The molecule has 2 aromatic rings. The Labute approximate surface area is 132 Å². The number of fused-ring (bicyclic) bond motifs is 1. The van der Waals surface area contributed by atoms with Crippen LogP contribution in [0.1, 0.15) is 29.5 Å². The summed E-state index contributed by atoms with van der Waals surface area (Å²) in [5.74, 6) is 0. The van der Waals surface area contributed by atoms with E-state index in [4.69, 9.17) is 17.0 Å². The lowest BCUT2D eigenvalue weighted by Gasteiger charge is -2.20. The van der Waals surface area contributed by atoms with E-state index in [0.29, 0.717) is 10.6 Å². The monoisotopic (exact) mass is 318 g/mol. The molecular weight excluding hydrogens is 304 g/mol. The van der Waals surface area contributed by atoms with Crippen LogP contribution in [0.15, 0.2) is 39.0 Å². The van der Waals surface area contributed by atoms with Crippen LogP contribution in [-0.2, 0) is 12.8 Å². The molecule has 2 N–H and O–H groups in total. The quantitative estimate of drug-likeness (QED) is 0.839. The standard InChI is InChI=1S/C16H15ClN2OS/c17-10-4-3-5-11(8-10)21-16-13-7-2-1-6-12(13)14(9-18)15(20)19-16/h3-5,8-9,18H,1-2,6-7H2,(H,19,20). The molecule has 5 heteroatoms. The molecule has 1 aliphatic rings. The first-order valence-electron chi connectivity index (χ1n) is 6.91. The first-order chi connectivity index (χ1) is 10.2. The largest absolute Gasteiger partial charge is 0.316 e. The van der Waals surface area contributed by atoms with Crippen molar-refractivity contribution in [3.05, 3.63) is 56.3 Å². The van der Waals surface area contributed by atoms with E-state index in [9.17, 15) is 4.79 Å². The highest BCUT2D eigenvalue weighted by Gasteiger charge is 2.19. The summed E-state index contributed by atoms with van der Waals surface area (Å²) < 4.78 is 0. The summed E-state index contributed by atoms with van der Waals surface area (Å²) in [6.45, 7) is 0. The molecule has 0 spiro atoms. The summed E-state index contributed by atoms with van der Waals surface area (Å²) in [6, 6.07) is 7.61. The number of rotatable bonds is 3. The third-order valence-corrected chi connectivity index (χ3v) is 4.98. The van der Waals surface area contributed by atoms with Crippen molar-refractivity contribution in [3.8, 4) is 0 Å². The number of benzene rings is 1. The van der Waals surface area contributed by atoms with Crippen LogP contribution in [-0.4, -0.2) is 11.2 Å². The lowest BCUT2D eigenvalue weighted by atomic mass is 9.90. The third-order valence-electron chi connectivity index (χ3n) is 3.70. The minimum atomic E-state index is -0.171. The molecule has 0 saturated heterocycles. The van der Waals surface area contributed by atoms with Crippen molar-refractivity contribution in [2.24, 2.45) is 0 Å². The van der Waals surface area contributed by atoms with E-state index in [0.717, 1.165) is 41.2 Å². The second-order valence-corrected chi connectivity index (χ2v) is 6.59. The summed E-state index contributed by atoms with van der Waals surface area (Å²) in [6.07, 6.45) is 5.22. The van der Waals surface area contributed by atoms with Gasteiger partial charge in [-0.2, -0.15) is 0 Å². The fourth-order valence-corrected chi connectivity index (χ4v) is 4.04. The molecule has 0 radical (unpaired) electrons. The number of aromatic nitrogens is 1. The predicted molar refractivity (Wildman–Crippen MR) is 87.2 cm³/mol. The average molecular weight is 319 g/mol. The average Bonchev–Trinajstić information content (AvgIpc) is 2.47. The molecule has 0 saturated carbocycles. The minimum Gasteiger partial charge on any atom is -0.316 e. The smallest absolute Gasteiger partial charge is 0.257 e. The maximum Gasteiger partial charge on any atom is 0.257 e. The number of hydrogen-bond donors (Lipinski definition) is 2. The summed E-state index contributed by atoms with van der Waals surface area (Å²) in [5.41, 5.74) is 2.57. The van der Waals surface area contributed by atoms with Crippen molar-refractivity contribution in [1.29, 1.82) is 5.41 Å². The summed E-state index contributed by atoms with van der Waals surface area (Å²) in [5, 5.41) is 9.05. The fraction of sp³-hybridized carbons (Fsp3) is 0.250. The first kappa shape index (κ1) is 14.4. The highest BCUT2D eigenvalue weighted by molar-refractivity contribution is 7.99. The van der Waals surface area contributed by atoms with Gasteiger partial charge in [-0.25, -0.2) is 0 Å². The van der Waals surface area contributed by atoms with E-state index in [-0.39, 0.29) is 5.56 Å². The number of pyridine rings is 1. The maximum absolute atomic E-state index is 12.2. The van der Waals surface area contributed by atoms with E-state index < -0.39 is 0 Å². The number of H-pyrrole nitrogens is 1. The van der Waals surface area contributed by atoms with Crippen LogP contribution in [0.5, 0.6) is 0 Å². The van der Waals surface area contributed by atoms with Gasteiger partial charge in [0, 0.05) is 16.1 Å². The van der Waals surface area contributed by atoms with Crippen LogP contribution in [0.2, 0.25) is 5.02 Å². The Hall–Kier alpha value is -1.52. The van der Waals surface area contributed by atoms with Crippen LogP contribution in [0, 0.1) is 5.41 Å². The normalized spacial score (nSPS) is 13.8. The summed E-state index contributed by atoms with van der Waals surface area (Å²) >= 11 is 7.55. The van der Waals surface area contributed by atoms with Gasteiger partial charge in [-0.15, -0.1) is 0 Å². The number of hydrogen-bond acceptors (Lipinski definition) is 3. The number of nitrogens with one attached hydrogen (secondary N) is 2. The molecule has 0 atom stereocenters. The lowest BCUT2D eigenvalue weighted by Crippen LogP contribution is -2.21. The van der Waals surface area contributed by atoms with Gasteiger partial charge in [-0.1, -0.05) is 29.4 Å². The molecule has 0 bridgehead atoms. The molecule has 21 heavy (non-hydrogen) atoms. The number of halogens is 1. The zero-order valence-corrected chi connectivity index (χ0v) is 13.0. The second kappa shape index (κ2) is 6.08. The summed E-state index contributed by atoms with van der Waals surface area (Å²) in [4.78, 5) is 16.1. The van der Waals surface area contributed by atoms with Gasteiger partial charge in [0.25, 0.3) is 5.56 Å². The Morgan fingerprint density at radius 2 is 2.00 bits per heavy atom. The van der Waals surface area contributed by atoms with Gasteiger partial charge in [0.1, 0.15) is 0 Å². The predicted octanol–water partition coefficient (Wildman–Crippen LogP) is 4.06. The van der Waals surface area contributed by atoms with Gasteiger partial charge in [-0.05, 0) is 55.0 Å². The highest BCUT2D eigenvalue weighted by atomic mass is 35.5. The maximum atomic E-state index is 12.2. The van der Waals surface area contributed by atoms with E-state index in [1.807, 2.05) is 24.3 Å². The van der Waals surface area contributed by atoms with Crippen molar-refractivity contribution in [2.45, 2.75) is 35.6 Å². The second-order valence-electron chi connectivity index (χ2n) is 5.06. The fourth-order valence-electron chi connectivity index (χ4n) is 2.72. The van der Waals surface area contributed by atoms with Crippen LogP contribution in [0.25, 0.3) is 0 Å². The SMILES string of the molecule is N=Cc1c2c(c(Sc3cccc(Cl)c3)[nH]c1=O)CCCC2. The Bertz CT molecular complexity index is 754. The molecular formula is C16H15ClN2OS. The molecule has 1 aliphatic carbocycles. The summed E-state index contributed by atoms with van der Waals surface area (Å²) in [7, 11) is 0. The van der Waals surface area contributed by atoms with Crippen molar-refractivity contribution in [3.63, 3.8) is 0 Å². The Balaban J connectivity index is 2.08. The lowest BCUT2D eigenvalue weighted by molar-refractivity contribution is 0.664. The van der Waals surface area contributed by atoms with Crippen molar-refractivity contribution >= 4 is 29.6 Å². The third kappa shape index (κ3) is 2.92. The molecule has 1 aromatic carbocycles. The van der Waals surface area contributed by atoms with Gasteiger partial charge in [-0.3, -0.25) is 4.79 Å². The van der Waals surface area contributed by atoms with Crippen LogP contribution in [0.4, 0.5) is 0 Å². The molecule has 108 valence electrons. The minimum absolute atomic E-state index is 0.171. The van der Waals surface area contributed by atoms with Gasteiger partial charge >= 0.3 is 0 Å². The molecule has 0 amide bonds. The molecule has 0 unspecified atom stereocenters. The van der Waals surface area contributed by atoms with Gasteiger partial charge in [0.05, 0.1) is 10.6 Å². The molecule has 0 fully saturated rings. The topological polar surface area (TPSA) is 56.7 Å². The highest BCUT2D eigenvalue weighted by Crippen LogP contribution is 2.34. The van der Waals surface area contributed by atoms with Gasteiger partial charge in [0.2, 0.25) is 0 Å². The van der Waals surface area contributed by atoms with E-state index in [1.54, 1.807) is 0 Å². The Morgan fingerprint density at radius 3 is 2.71 bits per heavy atom. The molecule has 3 nitrogen and oxygen atoms in total. The van der Waals surface area contributed by atoms with Gasteiger partial charge in [0.15, 0.2) is 0 Å². The van der Waals surface area contributed by atoms with Crippen LogP contribution in [0.3, 0.4) is 0 Å². The van der Waals surface area contributed by atoms with Crippen molar-refractivity contribution in [2.75, 3.05) is 0 Å². The molecule has 1 heterocycles. The van der Waals surface area contributed by atoms with E-state index in [2.05, 4.69) is 4.98 Å². The Kier molecular flexibility index (Phi) is 4.17. The van der Waals surface area contributed by atoms with E-state index >= 15 is 0 Å². The van der Waals surface area contributed by atoms with Crippen LogP contribution >= 0.6 is 23.4 Å². The van der Waals surface area contributed by atoms with Gasteiger partial charge < -0.3 is 10.4 Å². The molecule has 0 aliphatic heterocycles. The van der Waals surface area contributed by atoms with E-state index in [1.165, 1.54) is 23.5 Å². The molecule has 1 aromatic heterocycles. The Morgan fingerprint density at radius 1 is 1.24 bits per heavy atom. The zero-order chi connectivity index (χ0) is 14.8. The molecule has 3 rings (SSSR count). The first-order valence-corrected chi connectivity index (χ1v) is 8.10. The zero-order valence-electron chi connectivity index (χ0n) is 11.4.